The van der Waals surface area contributed by atoms with Gasteiger partial charge in [-0.3, -0.25) is 4.79 Å². The number of aliphatic hydroxyl groups excluding tert-OH is 1. The number of nitrogens with two attached hydrogens (primary N) is 1. The van der Waals surface area contributed by atoms with Crippen LogP contribution in [0, 0.1) is 5.92 Å². The Morgan fingerprint density at radius 2 is 2.09 bits per heavy atom. The van der Waals surface area contributed by atoms with Crippen LogP contribution in [0.25, 0.3) is 22.0 Å². The lowest BCUT2D eigenvalue weighted by Crippen LogP contribution is -2.39. The minimum Gasteiger partial charge on any atom is -0.394 e. The molecule has 1 atom stereocenters. The van der Waals surface area contributed by atoms with Crippen LogP contribution in [-0.2, 0) is 6.54 Å². The topological polar surface area (TPSA) is 120 Å². The van der Waals surface area contributed by atoms with E-state index in [0.29, 0.717) is 11.3 Å². The number of nitrogens with zero attached hydrogens (tertiary/aromatic N) is 3. The summed E-state index contributed by atoms with van der Waals surface area (Å²) in [5, 5.41) is 14.3. The Kier molecular flexibility index (Phi) is 7.72. The molecule has 2 heterocycles. The van der Waals surface area contributed by atoms with Crippen LogP contribution in [-0.4, -0.2) is 50.7 Å². The first-order valence-corrected chi connectivity index (χ1v) is 12.7. The number of hydrogen-bond acceptors (Lipinski definition) is 7. The van der Waals surface area contributed by atoms with Gasteiger partial charge in [-0.2, -0.15) is 4.98 Å². The number of aliphatic hydroxyl groups is 1. The van der Waals surface area contributed by atoms with Crippen LogP contribution in [0.4, 0.5) is 11.8 Å². The molecule has 2 aromatic heterocycles. The largest absolute Gasteiger partial charge is 0.394 e. The van der Waals surface area contributed by atoms with Gasteiger partial charge in [0, 0.05) is 24.2 Å². The number of nitrogens with one attached hydrogen (secondary N) is 2. The summed E-state index contributed by atoms with van der Waals surface area (Å²) in [4.78, 5) is 26.3. The highest BCUT2D eigenvalue weighted by molar-refractivity contribution is 5.93. The van der Waals surface area contributed by atoms with E-state index in [1.807, 2.05) is 31.3 Å². The molecule has 0 amide bonds. The molecule has 1 aliphatic carbocycles. The zero-order valence-corrected chi connectivity index (χ0v) is 21.1. The summed E-state index contributed by atoms with van der Waals surface area (Å²) >= 11 is 0. The lowest BCUT2D eigenvalue weighted by atomic mass is 9.95. The second-order valence-electron chi connectivity index (χ2n) is 10.3. The minimum absolute atomic E-state index is 0.0130. The summed E-state index contributed by atoms with van der Waals surface area (Å²) in [5.74, 6) is 1.66. The molecule has 1 saturated carbocycles. The van der Waals surface area contributed by atoms with Crippen molar-refractivity contribution in [2.24, 2.45) is 5.92 Å². The summed E-state index contributed by atoms with van der Waals surface area (Å²) < 4.78 is 0. The Morgan fingerprint density at radius 3 is 2.80 bits per heavy atom. The molecule has 1 aromatic carbocycles. The maximum atomic E-state index is 12.2. The molecule has 188 valence electrons. The molecule has 1 fully saturated rings. The predicted molar refractivity (Wildman–Crippen MR) is 142 cm³/mol. The summed E-state index contributed by atoms with van der Waals surface area (Å²) in [6.45, 7) is 5.90. The number of aromatic amines is 1. The molecule has 0 aliphatic heterocycles. The molecule has 4 rings (SSSR count). The lowest BCUT2D eigenvalue weighted by molar-refractivity contribution is 0.212. The fourth-order valence-corrected chi connectivity index (χ4v) is 4.52. The number of nitrogen functional groups attached to an aromatic ring is 1. The number of rotatable bonds is 12. The molecule has 3 aromatic rings. The first kappa shape index (κ1) is 25.1. The molecular formula is C27H38N6O2. The Hall–Kier alpha value is -2.97. The van der Waals surface area contributed by atoms with Gasteiger partial charge < -0.3 is 26.0 Å². The van der Waals surface area contributed by atoms with E-state index in [0.717, 1.165) is 60.3 Å². The van der Waals surface area contributed by atoms with E-state index in [4.69, 9.17) is 5.73 Å². The first-order valence-electron chi connectivity index (χ1n) is 12.7. The lowest BCUT2D eigenvalue weighted by Gasteiger charge is -2.30. The molecule has 8 nitrogen and oxygen atoms in total. The number of hydrogen-bond donors (Lipinski definition) is 4. The molecule has 35 heavy (non-hydrogen) atoms. The zero-order chi connectivity index (χ0) is 25.0. The van der Waals surface area contributed by atoms with Crippen LogP contribution in [0.2, 0.25) is 0 Å². The Labute approximate surface area is 207 Å². The van der Waals surface area contributed by atoms with Gasteiger partial charge in [-0.15, -0.1) is 0 Å². The van der Waals surface area contributed by atoms with Crippen molar-refractivity contribution in [3.05, 3.63) is 46.4 Å². The Morgan fingerprint density at radius 1 is 1.29 bits per heavy atom. The molecule has 0 radical (unpaired) electrons. The van der Waals surface area contributed by atoms with Crippen molar-refractivity contribution in [1.29, 1.82) is 0 Å². The SMILES string of the molecule is CCCC[C@](C)(CO)Nc1nc(N)nc2cc(-c3cc(=O)[nH]cc3CN(C)CCC3CC3)ccc12. The smallest absolute Gasteiger partial charge is 0.248 e. The Balaban J connectivity index is 1.66. The number of benzene rings is 1. The van der Waals surface area contributed by atoms with Crippen molar-refractivity contribution >= 4 is 22.7 Å². The van der Waals surface area contributed by atoms with Gasteiger partial charge in [0.1, 0.15) is 5.82 Å². The van der Waals surface area contributed by atoms with E-state index in [1.165, 1.54) is 19.3 Å². The van der Waals surface area contributed by atoms with Crippen LogP contribution >= 0.6 is 0 Å². The summed E-state index contributed by atoms with van der Waals surface area (Å²) in [6, 6.07) is 7.58. The monoisotopic (exact) mass is 478 g/mol. The molecule has 0 spiro atoms. The van der Waals surface area contributed by atoms with E-state index >= 15 is 0 Å². The predicted octanol–water partition coefficient (Wildman–Crippen LogP) is 4.15. The third-order valence-electron chi connectivity index (χ3n) is 6.94. The number of fused-ring (bicyclic) bond motifs is 1. The molecule has 8 heteroatoms. The van der Waals surface area contributed by atoms with Crippen molar-refractivity contribution in [2.75, 3.05) is 31.2 Å². The van der Waals surface area contributed by atoms with Gasteiger partial charge in [0.15, 0.2) is 0 Å². The average molecular weight is 479 g/mol. The highest BCUT2D eigenvalue weighted by Crippen LogP contribution is 2.33. The Bertz CT molecular complexity index is 1220. The van der Waals surface area contributed by atoms with Crippen molar-refractivity contribution in [2.45, 2.75) is 64.5 Å². The van der Waals surface area contributed by atoms with Gasteiger partial charge in [-0.25, -0.2) is 4.98 Å². The van der Waals surface area contributed by atoms with E-state index in [9.17, 15) is 9.90 Å². The van der Waals surface area contributed by atoms with Crippen LogP contribution < -0.4 is 16.6 Å². The van der Waals surface area contributed by atoms with E-state index in [-0.39, 0.29) is 18.1 Å². The summed E-state index contributed by atoms with van der Waals surface area (Å²) in [5.41, 5.74) is 8.99. The van der Waals surface area contributed by atoms with Crippen LogP contribution in [0.15, 0.2) is 35.3 Å². The minimum atomic E-state index is -0.507. The van der Waals surface area contributed by atoms with E-state index in [1.54, 1.807) is 6.07 Å². The number of anilines is 2. The number of H-pyrrole nitrogens is 1. The highest BCUT2D eigenvalue weighted by Gasteiger charge is 2.25. The summed E-state index contributed by atoms with van der Waals surface area (Å²) in [6.07, 6.45) is 8.60. The maximum Gasteiger partial charge on any atom is 0.248 e. The van der Waals surface area contributed by atoms with Gasteiger partial charge in [-0.1, -0.05) is 38.7 Å². The van der Waals surface area contributed by atoms with E-state index in [2.05, 4.69) is 39.1 Å². The van der Waals surface area contributed by atoms with Gasteiger partial charge in [-0.05, 0) is 68.1 Å². The van der Waals surface area contributed by atoms with Crippen molar-refractivity contribution in [1.82, 2.24) is 19.9 Å². The van der Waals surface area contributed by atoms with Gasteiger partial charge in [0.05, 0.1) is 17.7 Å². The second kappa shape index (κ2) is 10.7. The molecule has 1 aliphatic rings. The van der Waals surface area contributed by atoms with Gasteiger partial charge >= 0.3 is 0 Å². The van der Waals surface area contributed by atoms with Crippen LogP contribution in [0.3, 0.4) is 0 Å². The highest BCUT2D eigenvalue weighted by atomic mass is 16.3. The average Bonchev–Trinajstić information content (AvgIpc) is 3.67. The molecule has 0 unspecified atom stereocenters. The number of pyridine rings is 1. The fraction of sp³-hybridized carbons (Fsp3) is 0.519. The van der Waals surface area contributed by atoms with E-state index < -0.39 is 5.54 Å². The summed E-state index contributed by atoms with van der Waals surface area (Å²) in [7, 11) is 2.13. The van der Waals surface area contributed by atoms with Crippen molar-refractivity contribution in [3.8, 4) is 11.1 Å². The third kappa shape index (κ3) is 6.38. The zero-order valence-electron chi connectivity index (χ0n) is 21.1. The molecule has 0 saturated heterocycles. The standard InChI is InChI=1S/C27H38N6O2/c1-4-5-11-27(2,17-34)32-25-21-9-8-19(13-23(21)30-26(28)31-25)22-14-24(35)29-15-20(22)16-33(3)12-10-18-6-7-18/h8-9,13-15,18,34H,4-7,10-12,16-17H2,1-3H3,(H,29,35)(H3,28,30,31,32)/t27-/m1/s1. The number of aromatic nitrogens is 3. The third-order valence-corrected chi connectivity index (χ3v) is 6.94. The molecule has 0 bridgehead atoms. The maximum absolute atomic E-state index is 12.2. The first-order chi connectivity index (χ1) is 16.8. The van der Waals surface area contributed by atoms with Crippen molar-refractivity contribution < 1.29 is 5.11 Å². The normalized spacial score (nSPS) is 15.5. The second-order valence-corrected chi connectivity index (χ2v) is 10.3. The van der Waals surface area contributed by atoms with Crippen LogP contribution in [0.5, 0.6) is 0 Å². The quantitative estimate of drug-likeness (QED) is 0.309. The molecule has 5 N–H and O–H groups in total. The number of unbranched alkanes of at least 4 members (excludes halogenated alkanes) is 1. The van der Waals surface area contributed by atoms with Crippen LogP contribution in [0.1, 0.15) is 57.9 Å². The van der Waals surface area contributed by atoms with Gasteiger partial charge in [0.25, 0.3) is 0 Å². The fourth-order valence-electron chi connectivity index (χ4n) is 4.52. The van der Waals surface area contributed by atoms with Gasteiger partial charge in [0.2, 0.25) is 11.5 Å². The molecular weight excluding hydrogens is 440 g/mol. The van der Waals surface area contributed by atoms with Crippen molar-refractivity contribution in [3.63, 3.8) is 0 Å².